The maximum absolute atomic E-state index is 12.9. The lowest BCUT2D eigenvalue weighted by molar-refractivity contribution is -0.146. The van der Waals surface area contributed by atoms with Crippen molar-refractivity contribution < 1.29 is 18.7 Å². The van der Waals surface area contributed by atoms with Gasteiger partial charge in [0.2, 0.25) is 0 Å². The highest BCUT2D eigenvalue weighted by molar-refractivity contribution is 7.10. The van der Waals surface area contributed by atoms with E-state index < -0.39 is 12.0 Å². The summed E-state index contributed by atoms with van der Waals surface area (Å²) in [4.78, 5) is 27.3. The maximum atomic E-state index is 12.9. The van der Waals surface area contributed by atoms with Gasteiger partial charge in [0.15, 0.2) is 6.04 Å². The molecule has 0 spiro atoms. The van der Waals surface area contributed by atoms with Gasteiger partial charge in [-0.2, -0.15) is 0 Å². The van der Waals surface area contributed by atoms with Gasteiger partial charge in [-0.15, -0.1) is 11.3 Å². The summed E-state index contributed by atoms with van der Waals surface area (Å²) in [6.45, 7) is 0.711. The number of rotatable bonds is 3. The second-order valence-electron chi connectivity index (χ2n) is 5.45. The number of benzene rings is 1. The van der Waals surface area contributed by atoms with Gasteiger partial charge >= 0.3 is 12.0 Å². The van der Waals surface area contributed by atoms with Crippen molar-refractivity contribution in [3.05, 3.63) is 57.5 Å². The summed E-state index contributed by atoms with van der Waals surface area (Å²) in [5.41, 5.74) is 1.61. The highest BCUT2D eigenvalue weighted by Crippen LogP contribution is 2.34. The number of nitrogens with zero attached hydrogens (tertiary/aromatic N) is 1. The molecular formula is C17H17FN2O3S. The number of nitrogens with one attached hydrogen (secondary N) is 1. The van der Waals surface area contributed by atoms with Crippen LogP contribution in [-0.4, -0.2) is 30.6 Å². The van der Waals surface area contributed by atoms with Crippen LogP contribution in [0.2, 0.25) is 0 Å². The first-order chi connectivity index (χ1) is 11.6. The van der Waals surface area contributed by atoms with E-state index in [9.17, 15) is 14.0 Å². The predicted octanol–water partition coefficient (Wildman–Crippen LogP) is 2.87. The fourth-order valence-corrected chi connectivity index (χ4v) is 3.69. The molecule has 0 bridgehead atoms. The summed E-state index contributed by atoms with van der Waals surface area (Å²) in [7, 11) is 1.32. The van der Waals surface area contributed by atoms with E-state index in [1.54, 1.807) is 23.5 Å². The van der Waals surface area contributed by atoms with Crippen LogP contribution in [0.15, 0.2) is 35.7 Å². The standard InChI is InChI=1S/C17H17FN2O3S/c1-23-16(21)15-13-7-9-24-14(13)6-8-20(15)17(22)19-10-11-2-4-12(18)5-3-11/h2-5,7,9,15H,6,8,10H2,1H3,(H,19,22). The van der Waals surface area contributed by atoms with Crippen LogP contribution in [-0.2, 0) is 22.5 Å². The Bertz CT molecular complexity index is 745. The molecule has 0 radical (unpaired) electrons. The number of methoxy groups -OCH3 is 1. The smallest absolute Gasteiger partial charge is 0.333 e. The van der Waals surface area contributed by atoms with E-state index in [0.29, 0.717) is 13.0 Å². The number of hydrogen-bond donors (Lipinski definition) is 1. The summed E-state index contributed by atoms with van der Waals surface area (Å²) in [5.74, 6) is -0.775. The van der Waals surface area contributed by atoms with Crippen molar-refractivity contribution >= 4 is 23.3 Å². The van der Waals surface area contributed by atoms with Crippen LogP contribution < -0.4 is 5.32 Å². The molecule has 0 fully saturated rings. The Morgan fingerprint density at radius 1 is 1.33 bits per heavy atom. The molecule has 1 aliphatic rings. The van der Waals surface area contributed by atoms with Crippen LogP contribution in [0, 0.1) is 5.82 Å². The Morgan fingerprint density at radius 2 is 2.08 bits per heavy atom. The summed E-state index contributed by atoms with van der Waals surface area (Å²) >= 11 is 1.58. The van der Waals surface area contributed by atoms with Gasteiger partial charge in [-0.05, 0) is 41.1 Å². The summed E-state index contributed by atoms with van der Waals surface area (Å²) < 4.78 is 17.8. The molecular weight excluding hydrogens is 331 g/mol. The third kappa shape index (κ3) is 3.26. The molecule has 1 N–H and O–H groups in total. The molecule has 24 heavy (non-hydrogen) atoms. The van der Waals surface area contributed by atoms with E-state index in [0.717, 1.165) is 16.0 Å². The van der Waals surface area contributed by atoms with Crippen LogP contribution in [0.5, 0.6) is 0 Å². The molecule has 1 aromatic carbocycles. The Balaban J connectivity index is 1.73. The van der Waals surface area contributed by atoms with E-state index in [2.05, 4.69) is 5.32 Å². The van der Waals surface area contributed by atoms with Crippen LogP contribution in [0.1, 0.15) is 22.0 Å². The number of carbonyl (C=O) groups is 2. The van der Waals surface area contributed by atoms with Crippen LogP contribution in [0.25, 0.3) is 0 Å². The number of halogens is 1. The van der Waals surface area contributed by atoms with E-state index in [4.69, 9.17) is 4.74 Å². The molecule has 0 aliphatic carbocycles. The van der Waals surface area contributed by atoms with Crippen molar-refractivity contribution in [2.24, 2.45) is 0 Å². The highest BCUT2D eigenvalue weighted by Gasteiger charge is 2.37. The van der Waals surface area contributed by atoms with Gasteiger partial charge in [0.1, 0.15) is 5.82 Å². The first-order valence-electron chi connectivity index (χ1n) is 7.53. The van der Waals surface area contributed by atoms with Gasteiger partial charge in [0.05, 0.1) is 7.11 Å². The van der Waals surface area contributed by atoms with Crippen molar-refractivity contribution in [3.63, 3.8) is 0 Å². The SMILES string of the molecule is COC(=O)C1c2ccsc2CCN1C(=O)NCc1ccc(F)cc1. The van der Waals surface area contributed by atoms with E-state index >= 15 is 0 Å². The number of amides is 2. The average Bonchev–Trinajstić information content (AvgIpc) is 3.08. The van der Waals surface area contributed by atoms with Crippen molar-refractivity contribution in [2.75, 3.05) is 13.7 Å². The fraction of sp³-hybridized carbons (Fsp3) is 0.294. The Labute approximate surface area is 143 Å². The fourth-order valence-electron chi connectivity index (χ4n) is 2.78. The molecule has 2 aromatic rings. The molecule has 1 aliphatic heterocycles. The lowest BCUT2D eigenvalue weighted by Gasteiger charge is -2.33. The number of carbonyl (C=O) groups excluding carboxylic acids is 2. The second-order valence-corrected chi connectivity index (χ2v) is 6.45. The van der Waals surface area contributed by atoms with Crippen molar-refractivity contribution in [1.82, 2.24) is 10.2 Å². The highest BCUT2D eigenvalue weighted by atomic mass is 32.1. The van der Waals surface area contributed by atoms with E-state index in [-0.39, 0.29) is 18.4 Å². The minimum atomic E-state index is -0.724. The number of esters is 1. The summed E-state index contributed by atoms with van der Waals surface area (Å²) in [5, 5.41) is 4.70. The first-order valence-corrected chi connectivity index (χ1v) is 8.41. The van der Waals surface area contributed by atoms with Gasteiger partial charge in [-0.3, -0.25) is 0 Å². The molecule has 1 atom stereocenters. The molecule has 3 rings (SSSR count). The topological polar surface area (TPSA) is 58.6 Å². The van der Waals surface area contributed by atoms with Crippen LogP contribution in [0.3, 0.4) is 0 Å². The van der Waals surface area contributed by atoms with Crippen molar-refractivity contribution in [1.29, 1.82) is 0 Å². The Kier molecular flexibility index (Phi) is 4.80. The quantitative estimate of drug-likeness (QED) is 0.868. The number of fused-ring (bicyclic) bond motifs is 1. The minimum Gasteiger partial charge on any atom is -0.467 e. The number of hydrogen-bond acceptors (Lipinski definition) is 4. The van der Waals surface area contributed by atoms with Gasteiger partial charge in [-0.25, -0.2) is 14.0 Å². The zero-order valence-electron chi connectivity index (χ0n) is 13.1. The molecule has 2 heterocycles. The lowest BCUT2D eigenvalue weighted by atomic mass is 10.0. The van der Waals surface area contributed by atoms with Crippen LogP contribution >= 0.6 is 11.3 Å². The van der Waals surface area contributed by atoms with Gasteiger partial charge in [0, 0.05) is 18.0 Å². The first kappa shape index (κ1) is 16.4. The van der Waals surface area contributed by atoms with Gasteiger partial charge in [-0.1, -0.05) is 12.1 Å². The van der Waals surface area contributed by atoms with Crippen molar-refractivity contribution in [2.45, 2.75) is 19.0 Å². The molecule has 0 saturated heterocycles. The zero-order chi connectivity index (χ0) is 17.1. The number of ether oxygens (including phenoxy) is 1. The number of urea groups is 1. The van der Waals surface area contributed by atoms with Crippen molar-refractivity contribution in [3.8, 4) is 0 Å². The maximum Gasteiger partial charge on any atom is 0.333 e. The third-order valence-electron chi connectivity index (χ3n) is 4.01. The van der Waals surface area contributed by atoms with Gasteiger partial charge < -0.3 is 15.0 Å². The molecule has 2 amide bonds. The zero-order valence-corrected chi connectivity index (χ0v) is 13.9. The molecule has 126 valence electrons. The summed E-state index contributed by atoms with van der Waals surface area (Å²) in [6.07, 6.45) is 0.713. The third-order valence-corrected chi connectivity index (χ3v) is 5.00. The largest absolute Gasteiger partial charge is 0.467 e. The predicted molar refractivity (Wildman–Crippen MR) is 88.1 cm³/mol. The molecule has 1 unspecified atom stereocenters. The molecule has 7 heteroatoms. The second kappa shape index (κ2) is 7.00. The molecule has 1 aromatic heterocycles. The lowest BCUT2D eigenvalue weighted by Crippen LogP contribution is -2.47. The number of thiophene rings is 1. The minimum absolute atomic E-state index is 0.264. The summed E-state index contributed by atoms with van der Waals surface area (Å²) in [6, 6.07) is 6.71. The molecule has 0 saturated carbocycles. The van der Waals surface area contributed by atoms with E-state index in [1.807, 2.05) is 11.4 Å². The Hall–Kier alpha value is -2.41. The van der Waals surface area contributed by atoms with E-state index in [1.165, 1.54) is 24.1 Å². The normalized spacial score (nSPS) is 16.4. The monoisotopic (exact) mass is 348 g/mol. The Morgan fingerprint density at radius 3 is 2.79 bits per heavy atom. The van der Waals surface area contributed by atoms with Gasteiger partial charge in [0.25, 0.3) is 0 Å². The average molecular weight is 348 g/mol. The van der Waals surface area contributed by atoms with Crippen LogP contribution in [0.4, 0.5) is 9.18 Å². The molecule has 5 nitrogen and oxygen atoms in total.